The number of carbonyl (C=O) groups excluding carboxylic acids is 2. The smallest absolute Gasteiger partial charge is 0.253 e. The fraction of sp³-hybridized carbons (Fsp3) is 0.529. The van der Waals surface area contributed by atoms with Crippen LogP contribution in [0.25, 0.3) is 0 Å². The van der Waals surface area contributed by atoms with Gasteiger partial charge < -0.3 is 20.3 Å². The Morgan fingerprint density at radius 2 is 2.09 bits per heavy atom. The quantitative estimate of drug-likeness (QED) is 0.835. The maximum Gasteiger partial charge on any atom is 0.253 e. The second kappa shape index (κ2) is 7.46. The molecule has 1 unspecified atom stereocenters. The molecule has 1 aromatic carbocycles. The highest BCUT2D eigenvalue weighted by Crippen LogP contribution is 2.28. The summed E-state index contributed by atoms with van der Waals surface area (Å²) in [5, 5.41) is 6.10. The molecular formula is C17H25N3O3. The van der Waals surface area contributed by atoms with Gasteiger partial charge in [-0.25, -0.2) is 0 Å². The average Bonchev–Trinajstić information content (AvgIpc) is 2.46. The summed E-state index contributed by atoms with van der Waals surface area (Å²) in [6, 6.07) is 5.11. The lowest BCUT2D eigenvalue weighted by atomic mass is 9.88. The second-order valence-corrected chi connectivity index (χ2v) is 6.04. The van der Waals surface area contributed by atoms with Crippen LogP contribution in [-0.2, 0) is 4.79 Å². The van der Waals surface area contributed by atoms with Crippen molar-refractivity contribution in [1.82, 2.24) is 10.2 Å². The molecule has 6 nitrogen and oxygen atoms in total. The van der Waals surface area contributed by atoms with E-state index >= 15 is 0 Å². The van der Waals surface area contributed by atoms with Crippen LogP contribution in [0, 0.1) is 11.8 Å². The standard InChI is InChI=1S/C17H25N3O3/c1-5-23-15-8-12(17(22)20(3)4)6-7-14(15)19-16(21)11(2)13-9-18-10-13/h6-8,11,13,18H,5,9-10H2,1-4H3,(H,19,21). The van der Waals surface area contributed by atoms with Crippen molar-refractivity contribution in [2.24, 2.45) is 11.8 Å². The molecular weight excluding hydrogens is 294 g/mol. The third-order valence-electron chi connectivity index (χ3n) is 4.13. The Labute approximate surface area is 137 Å². The molecule has 1 fully saturated rings. The summed E-state index contributed by atoms with van der Waals surface area (Å²) in [5.41, 5.74) is 1.14. The third kappa shape index (κ3) is 4.01. The molecule has 1 saturated heterocycles. The molecule has 1 aliphatic rings. The highest BCUT2D eigenvalue weighted by atomic mass is 16.5. The summed E-state index contributed by atoms with van der Waals surface area (Å²) in [4.78, 5) is 25.9. The lowest BCUT2D eigenvalue weighted by molar-refractivity contribution is -0.121. The van der Waals surface area contributed by atoms with Gasteiger partial charge in [-0.05, 0) is 44.1 Å². The highest BCUT2D eigenvalue weighted by molar-refractivity contribution is 5.97. The fourth-order valence-corrected chi connectivity index (χ4v) is 2.42. The van der Waals surface area contributed by atoms with Crippen molar-refractivity contribution < 1.29 is 14.3 Å². The van der Waals surface area contributed by atoms with E-state index in [1.54, 1.807) is 32.3 Å². The van der Waals surface area contributed by atoms with Crippen molar-refractivity contribution in [2.75, 3.05) is 39.1 Å². The largest absolute Gasteiger partial charge is 0.492 e. The first-order valence-electron chi connectivity index (χ1n) is 7.94. The number of hydrogen-bond acceptors (Lipinski definition) is 4. The van der Waals surface area contributed by atoms with E-state index in [9.17, 15) is 9.59 Å². The topological polar surface area (TPSA) is 70.7 Å². The van der Waals surface area contributed by atoms with E-state index in [1.165, 1.54) is 4.90 Å². The van der Waals surface area contributed by atoms with Crippen molar-refractivity contribution >= 4 is 17.5 Å². The first kappa shape index (κ1) is 17.3. The van der Waals surface area contributed by atoms with Crippen molar-refractivity contribution in [3.8, 4) is 5.75 Å². The van der Waals surface area contributed by atoms with E-state index in [1.807, 2.05) is 13.8 Å². The molecule has 1 aliphatic heterocycles. The molecule has 126 valence electrons. The van der Waals surface area contributed by atoms with Crippen LogP contribution in [0.4, 0.5) is 5.69 Å². The zero-order valence-corrected chi connectivity index (χ0v) is 14.2. The molecule has 1 aromatic rings. The monoisotopic (exact) mass is 319 g/mol. The zero-order valence-electron chi connectivity index (χ0n) is 14.2. The van der Waals surface area contributed by atoms with E-state index in [4.69, 9.17) is 4.74 Å². The van der Waals surface area contributed by atoms with E-state index < -0.39 is 0 Å². The Balaban J connectivity index is 2.16. The van der Waals surface area contributed by atoms with Gasteiger partial charge in [0.15, 0.2) is 0 Å². The van der Waals surface area contributed by atoms with Crippen molar-refractivity contribution in [2.45, 2.75) is 13.8 Å². The van der Waals surface area contributed by atoms with Gasteiger partial charge in [-0.15, -0.1) is 0 Å². The SMILES string of the molecule is CCOc1cc(C(=O)N(C)C)ccc1NC(=O)C(C)C1CNC1. The van der Waals surface area contributed by atoms with Crippen LogP contribution < -0.4 is 15.4 Å². The van der Waals surface area contributed by atoms with Crippen LogP contribution in [-0.4, -0.2) is 50.5 Å². The van der Waals surface area contributed by atoms with Crippen molar-refractivity contribution in [3.63, 3.8) is 0 Å². The summed E-state index contributed by atoms with van der Waals surface area (Å²) in [7, 11) is 3.40. The number of rotatable bonds is 6. The summed E-state index contributed by atoms with van der Waals surface area (Å²) < 4.78 is 5.59. The molecule has 0 bridgehead atoms. The predicted molar refractivity (Wildman–Crippen MR) is 89.8 cm³/mol. The number of nitrogens with one attached hydrogen (secondary N) is 2. The number of nitrogens with zero attached hydrogens (tertiary/aromatic N) is 1. The number of ether oxygens (including phenoxy) is 1. The lowest BCUT2D eigenvalue weighted by Gasteiger charge is -2.31. The van der Waals surface area contributed by atoms with Crippen LogP contribution >= 0.6 is 0 Å². The van der Waals surface area contributed by atoms with Gasteiger partial charge in [-0.2, -0.15) is 0 Å². The van der Waals surface area contributed by atoms with E-state index in [0.29, 0.717) is 29.5 Å². The Hall–Kier alpha value is -2.08. The van der Waals surface area contributed by atoms with E-state index in [0.717, 1.165) is 13.1 Å². The minimum atomic E-state index is -0.0993. The number of amides is 2. The maximum absolute atomic E-state index is 12.4. The molecule has 23 heavy (non-hydrogen) atoms. The van der Waals surface area contributed by atoms with Crippen LogP contribution in [0.5, 0.6) is 5.75 Å². The molecule has 0 aromatic heterocycles. The molecule has 0 saturated carbocycles. The molecule has 0 radical (unpaired) electrons. The van der Waals surface area contributed by atoms with Crippen LogP contribution in [0.3, 0.4) is 0 Å². The molecule has 1 heterocycles. The number of benzene rings is 1. The summed E-state index contributed by atoms with van der Waals surface area (Å²) in [6.07, 6.45) is 0. The minimum absolute atomic E-state index is 0.0239. The van der Waals surface area contributed by atoms with Gasteiger partial charge in [0.25, 0.3) is 5.91 Å². The number of hydrogen-bond donors (Lipinski definition) is 2. The minimum Gasteiger partial charge on any atom is -0.492 e. The lowest BCUT2D eigenvalue weighted by Crippen LogP contribution is -2.48. The Morgan fingerprint density at radius 1 is 1.39 bits per heavy atom. The van der Waals surface area contributed by atoms with Gasteiger partial charge in [0.1, 0.15) is 5.75 Å². The first-order chi connectivity index (χ1) is 10.9. The van der Waals surface area contributed by atoms with Gasteiger partial charge in [0.2, 0.25) is 5.91 Å². The van der Waals surface area contributed by atoms with Gasteiger partial charge >= 0.3 is 0 Å². The van der Waals surface area contributed by atoms with Crippen molar-refractivity contribution in [1.29, 1.82) is 0 Å². The van der Waals surface area contributed by atoms with Gasteiger partial charge in [-0.1, -0.05) is 6.92 Å². The summed E-state index contributed by atoms with van der Waals surface area (Å²) in [5.74, 6) is 0.711. The highest BCUT2D eigenvalue weighted by Gasteiger charge is 2.29. The van der Waals surface area contributed by atoms with Crippen LogP contribution in [0.2, 0.25) is 0 Å². The van der Waals surface area contributed by atoms with Gasteiger partial charge in [-0.3, -0.25) is 9.59 Å². The van der Waals surface area contributed by atoms with Gasteiger partial charge in [0.05, 0.1) is 12.3 Å². The van der Waals surface area contributed by atoms with Crippen LogP contribution in [0.1, 0.15) is 24.2 Å². The molecule has 6 heteroatoms. The van der Waals surface area contributed by atoms with E-state index in [2.05, 4.69) is 10.6 Å². The van der Waals surface area contributed by atoms with Crippen molar-refractivity contribution in [3.05, 3.63) is 23.8 Å². The van der Waals surface area contributed by atoms with Gasteiger partial charge in [0, 0.05) is 25.6 Å². The fourth-order valence-electron chi connectivity index (χ4n) is 2.42. The summed E-state index contributed by atoms with van der Waals surface area (Å²) >= 11 is 0. The normalized spacial score (nSPS) is 15.5. The predicted octanol–water partition coefficient (Wildman–Crippen LogP) is 1.58. The Morgan fingerprint density at radius 3 is 2.61 bits per heavy atom. The second-order valence-electron chi connectivity index (χ2n) is 6.04. The number of carbonyl (C=O) groups is 2. The third-order valence-corrected chi connectivity index (χ3v) is 4.13. The average molecular weight is 319 g/mol. The molecule has 0 aliphatic carbocycles. The molecule has 0 spiro atoms. The first-order valence-corrected chi connectivity index (χ1v) is 7.94. The molecule has 2 amide bonds. The van der Waals surface area contributed by atoms with Crippen LogP contribution in [0.15, 0.2) is 18.2 Å². The molecule has 2 N–H and O–H groups in total. The number of anilines is 1. The molecule has 1 atom stereocenters. The maximum atomic E-state index is 12.4. The Bertz CT molecular complexity index is 582. The Kier molecular flexibility index (Phi) is 5.60. The molecule has 2 rings (SSSR count). The zero-order chi connectivity index (χ0) is 17.0. The summed E-state index contributed by atoms with van der Waals surface area (Å²) in [6.45, 7) is 6.02. The van der Waals surface area contributed by atoms with E-state index in [-0.39, 0.29) is 17.7 Å².